The second-order valence-electron chi connectivity index (χ2n) is 17.2. The number of hydrogen-bond acceptors (Lipinski definition) is 3. The zero-order chi connectivity index (χ0) is 41.4. The molecule has 0 heterocycles. The van der Waals surface area contributed by atoms with Crippen LogP contribution in [0.4, 0.5) is 0 Å². The third kappa shape index (κ3) is 45.3. The Morgan fingerprint density at radius 1 is 0.439 bits per heavy atom. The summed E-state index contributed by atoms with van der Waals surface area (Å²) in [6.07, 6.45) is 66.5. The van der Waals surface area contributed by atoms with Gasteiger partial charge in [0.15, 0.2) is 0 Å². The highest BCUT2D eigenvalue weighted by molar-refractivity contribution is 5.76. The smallest absolute Gasteiger partial charge is 0.220 e. The molecule has 0 fully saturated rings. The molecule has 0 aliphatic carbocycles. The average Bonchev–Trinajstić information content (AvgIpc) is 3.22. The van der Waals surface area contributed by atoms with Gasteiger partial charge in [-0.1, -0.05) is 255 Å². The van der Waals surface area contributed by atoms with E-state index in [1.807, 2.05) is 0 Å². The number of amides is 1. The quantitative estimate of drug-likeness (QED) is 0.0424. The minimum Gasteiger partial charge on any atom is -0.394 e. The normalized spacial score (nSPS) is 13.3. The molecule has 0 aromatic heterocycles. The lowest BCUT2D eigenvalue weighted by molar-refractivity contribution is -0.123. The molecule has 0 aromatic carbocycles. The van der Waals surface area contributed by atoms with Crippen LogP contribution in [0.5, 0.6) is 0 Å². The van der Waals surface area contributed by atoms with Crippen molar-refractivity contribution in [2.24, 2.45) is 0 Å². The van der Waals surface area contributed by atoms with Crippen LogP contribution < -0.4 is 5.32 Å². The molecule has 57 heavy (non-hydrogen) atoms. The van der Waals surface area contributed by atoms with Crippen LogP contribution in [0, 0.1) is 0 Å². The number of rotatable bonds is 46. The summed E-state index contributed by atoms with van der Waals surface area (Å²) in [5, 5.41) is 23.2. The van der Waals surface area contributed by atoms with Gasteiger partial charge in [0.2, 0.25) is 5.91 Å². The summed E-state index contributed by atoms with van der Waals surface area (Å²) in [6, 6.07) is -0.535. The molecular formula is C53H99NO3. The molecule has 0 saturated heterocycles. The van der Waals surface area contributed by atoms with Crippen LogP contribution in [-0.4, -0.2) is 34.9 Å². The van der Waals surface area contributed by atoms with Crippen molar-refractivity contribution in [3.63, 3.8) is 0 Å². The standard InChI is InChI=1S/C53H99NO3/c1-3-5-7-9-11-13-15-17-19-20-21-22-23-24-25-26-27-28-29-30-31-32-33-34-35-37-39-41-43-45-47-49-53(57)54-51(50-55)52(56)48-46-44-42-40-38-36-18-16-14-12-10-8-6-4-2/h5,7,11,13,17,19,21-22,51-52,55-56H,3-4,6,8-10,12,14-16,18,20,23-50H2,1-2H3,(H,54,57)/b7-5-,13-11-,19-17-,22-21-. The van der Waals surface area contributed by atoms with E-state index >= 15 is 0 Å². The number of nitrogens with one attached hydrogen (secondary N) is 1. The average molecular weight is 798 g/mol. The van der Waals surface area contributed by atoms with Gasteiger partial charge in [0.1, 0.15) is 0 Å². The zero-order valence-electron chi connectivity index (χ0n) is 38.4. The maximum Gasteiger partial charge on any atom is 0.220 e. The van der Waals surface area contributed by atoms with Crippen LogP contribution in [0.3, 0.4) is 0 Å². The Hall–Kier alpha value is -1.65. The fourth-order valence-corrected chi connectivity index (χ4v) is 7.77. The van der Waals surface area contributed by atoms with Crippen molar-refractivity contribution in [3.8, 4) is 0 Å². The molecule has 0 bridgehead atoms. The molecule has 334 valence electrons. The Morgan fingerprint density at radius 3 is 1.16 bits per heavy atom. The molecule has 0 aliphatic heterocycles. The summed E-state index contributed by atoms with van der Waals surface area (Å²) >= 11 is 0. The summed E-state index contributed by atoms with van der Waals surface area (Å²) in [4.78, 5) is 12.4. The maximum absolute atomic E-state index is 12.4. The van der Waals surface area contributed by atoms with Crippen molar-refractivity contribution in [1.82, 2.24) is 5.32 Å². The molecule has 2 atom stereocenters. The molecular weight excluding hydrogens is 699 g/mol. The van der Waals surface area contributed by atoms with E-state index in [1.165, 1.54) is 186 Å². The summed E-state index contributed by atoms with van der Waals surface area (Å²) in [7, 11) is 0. The molecule has 4 nitrogen and oxygen atoms in total. The fourth-order valence-electron chi connectivity index (χ4n) is 7.77. The maximum atomic E-state index is 12.4. The molecule has 3 N–H and O–H groups in total. The van der Waals surface area contributed by atoms with Crippen molar-refractivity contribution in [2.45, 2.75) is 276 Å². The highest BCUT2D eigenvalue weighted by atomic mass is 16.3. The monoisotopic (exact) mass is 798 g/mol. The van der Waals surface area contributed by atoms with Gasteiger partial charge in [-0.3, -0.25) is 4.79 Å². The minimum absolute atomic E-state index is 0.0294. The number of allylic oxidation sites excluding steroid dienone is 8. The zero-order valence-corrected chi connectivity index (χ0v) is 38.4. The Balaban J connectivity index is 3.44. The van der Waals surface area contributed by atoms with Crippen molar-refractivity contribution >= 4 is 5.91 Å². The van der Waals surface area contributed by atoms with E-state index in [9.17, 15) is 15.0 Å². The molecule has 0 rings (SSSR count). The first kappa shape index (κ1) is 55.4. The van der Waals surface area contributed by atoms with Gasteiger partial charge in [0.25, 0.3) is 0 Å². The third-order valence-electron chi connectivity index (χ3n) is 11.6. The van der Waals surface area contributed by atoms with Crippen molar-refractivity contribution < 1.29 is 15.0 Å². The Labute approximate surface area is 356 Å². The van der Waals surface area contributed by atoms with E-state index in [2.05, 4.69) is 67.8 Å². The highest BCUT2D eigenvalue weighted by Gasteiger charge is 2.20. The summed E-state index contributed by atoms with van der Waals surface area (Å²) < 4.78 is 0. The number of unbranched alkanes of at least 4 members (excludes halogenated alkanes) is 31. The Bertz CT molecular complexity index is 908. The number of hydrogen-bond donors (Lipinski definition) is 3. The van der Waals surface area contributed by atoms with Crippen molar-refractivity contribution in [1.29, 1.82) is 0 Å². The SMILES string of the molecule is CC/C=C\C/C=C\C/C=C\C/C=C\CCCCCCCCCCCCCCCCCCCCC(=O)NC(CO)C(O)CCCCCCCCCCCCCCCC. The molecule has 1 amide bonds. The van der Waals surface area contributed by atoms with Crippen LogP contribution >= 0.6 is 0 Å². The number of aliphatic hydroxyl groups is 2. The van der Waals surface area contributed by atoms with E-state index in [-0.39, 0.29) is 12.5 Å². The van der Waals surface area contributed by atoms with Gasteiger partial charge in [0, 0.05) is 6.42 Å². The predicted molar refractivity (Wildman–Crippen MR) is 253 cm³/mol. The molecule has 0 saturated carbocycles. The minimum atomic E-state index is -0.658. The van der Waals surface area contributed by atoms with Crippen LogP contribution in [0.25, 0.3) is 0 Å². The topological polar surface area (TPSA) is 69.6 Å². The van der Waals surface area contributed by atoms with Gasteiger partial charge >= 0.3 is 0 Å². The van der Waals surface area contributed by atoms with Crippen LogP contribution in [0.2, 0.25) is 0 Å². The number of carbonyl (C=O) groups excluding carboxylic acids is 1. The van der Waals surface area contributed by atoms with Gasteiger partial charge in [0.05, 0.1) is 18.8 Å². The van der Waals surface area contributed by atoms with E-state index in [4.69, 9.17) is 0 Å². The number of aliphatic hydroxyl groups excluding tert-OH is 2. The van der Waals surface area contributed by atoms with E-state index < -0.39 is 12.1 Å². The molecule has 0 aliphatic rings. The molecule has 0 spiro atoms. The van der Waals surface area contributed by atoms with Crippen LogP contribution in [-0.2, 0) is 4.79 Å². The predicted octanol–water partition coefficient (Wildman–Crippen LogP) is 16.3. The highest BCUT2D eigenvalue weighted by Crippen LogP contribution is 2.17. The lowest BCUT2D eigenvalue weighted by Gasteiger charge is -2.22. The first-order valence-electron chi connectivity index (χ1n) is 25.3. The molecule has 0 aromatic rings. The van der Waals surface area contributed by atoms with Gasteiger partial charge in [-0.25, -0.2) is 0 Å². The van der Waals surface area contributed by atoms with E-state index in [0.29, 0.717) is 12.8 Å². The second kappa shape index (κ2) is 48.7. The lowest BCUT2D eigenvalue weighted by atomic mass is 10.0. The summed E-state index contributed by atoms with van der Waals surface area (Å²) in [5.74, 6) is -0.0294. The van der Waals surface area contributed by atoms with Crippen molar-refractivity contribution in [3.05, 3.63) is 48.6 Å². The lowest BCUT2D eigenvalue weighted by Crippen LogP contribution is -2.45. The largest absolute Gasteiger partial charge is 0.394 e. The first-order valence-corrected chi connectivity index (χ1v) is 25.3. The third-order valence-corrected chi connectivity index (χ3v) is 11.6. The first-order chi connectivity index (χ1) is 28.2. The Morgan fingerprint density at radius 2 is 0.772 bits per heavy atom. The van der Waals surface area contributed by atoms with Gasteiger partial charge in [-0.15, -0.1) is 0 Å². The molecule has 0 radical (unpaired) electrons. The Kier molecular flexibility index (Phi) is 47.3. The summed E-state index contributed by atoms with van der Waals surface area (Å²) in [6.45, 7) is 4.26. The summed E-state index contributed by atoms with van der Waals surface area (Å²) in [5.41, 5.74) is 0. The van der Waals surface area contributed by atoms with E-state index in [0.717, 1.165) is 51.4 Å². The van der Waals surface area contributed by atoms with Crippen LogP contribution in [0.15, 0.2) is 48.6 Å². The van der Waals surface area contributed by atoms with Crippen LogP contribution in [0.1, 0.15) is 264 Å². The number of carbonyl (C=O) groups is 1. The fraction of sp³-hybridized carbons (Fsp3) is 0.830. The van der Waals surface area contributed by atoms with E-state index in [1.54, 1.807) is 0 Å². The van der Waals surface area contributed by atoms with Gasteiger partial charge in [-0.05, 0) is 51.4 Å². The second-order valence-corrected chi connectivity index (χ2v) is 17.2. The van der Waals surface area contributed by atoms with Gasteiger partial charge in [-0.2, -0.15) is 0 Å². The molecule has 4 heteroatoms. The van der Waals surface area contributed by atoms with Gasteiger partial charge < -0.3 is 15.5 Å². The van der Waals surface area contributed by atoms with Crippen molar-refractivity contribution in [2.75, 3.05) is 6.61 Å². The molecule has 2 unspecified atom stereocenters.